The first-order valence-electron chi connectivity index (χ1n) is 9.27. The van der Waals surface area contributed by atoms with Crippen molar-refractivity contribution in [2.45, 2.75) is 42.4 Å². The van der Waals surface area contributed by atoms with E-state index in [9.17, 15) is 28.5 Å². The minimum atomic E-state index is -3.92. The van der Waals surface area contributed by atoms with Crippen LogP contribution < -0.4 is 15.4 Å². The Morgan fingerprint density at radius 3 is 2.35 bits per heavy atom. The van der Waals surface area contributed by atoms with Gasteiger partial charge in [-0.05, 0) is 30.3 Å². The van der Waals surface area contributed by atoms with Crippen molar-refractivity contribution in [3.8, 4) is 0 Å². The fourth-order valence-corrected chi connectivity index (χ4v) is 4.02. The number of benzene rings is 1. The lowest BCUT2D eigenvalue weighted by Gasteiger charge is -2.43. The summed E-state index contributed by atoms with van der Waals surface area (Å²) < 4.78 is 32.8. The third-order valence-electron chi connectivity index (χ3n) is 4.56. The van der Waals surface area contributed by atoms with Gasteiger partial charge in [0.25, 0.3) is 10.0 Å². The highest BCUT2D eigenvalue weighted by atomic mass is 32.2. The van der Waals surface area contributed by atoms with Crippen LogP contribution in [0.3, 0.4) is 0 Å². The monoisotopic (exact) mass is 453 g/mol. The molecule has 5 atom stereocenters. The van der Waals surface area contributed by atoms with Crippen molar-refractivity contribution in [3.05, 3.63) is 42.7 Å². The molecular weight excluding hydrogens is 430 g/mol. The molecular formula is C18H23N5O7S. The lowest BCUT2D eigenvalue weighted by atomic mass is 9.96. The molecule has 1 aromatic carbocycles. The van der Waals surface area contributed by atoms with Gasteiger partial charge in [0.2, 0.25) is 11.9 Å². The van der Waals surface area contributed by atoms with Gasteiger partial charge in [-0.2, -0.15) is 0 Å². The Balaban J connectivity index is 1.76. The maximum absolute atomic E-state index is 12.5. The predicted molar refractivity (Wildman–Crippen MR) is 108 cm³/mol. The second kappa shape index (κ2) is 9.53. The molecule has 168 valence electrons. The smallest absolute Gasteiger partial charge is 0.264 e. The molecule has 1 aliphatic rings. The lowest BCUT2D eigenvalue weighted by molar-refractivity contribution is -0.188. The summed E-state index contributed by atoms with van der Waals surface area (Å²) in [5, 5.41) is 35.2. The third-order valence-corrected chi connectivity index (χ3v) is 5.91. The zero-order valence-corrected chi connectivity index (χ0v) is 17.2. The molecule has 31 heavy (non-hydrogen) atoms. The number of carbonyl (C=O) groups is 1. The van der Waals surface area contributed by atoms with Crippen LogP contribution in [-0.4, -0.2) is 76.8 Å². The maximum Gasteiger partial charge on any atom is 0.264 e. The van der Waals surface area contributed by atoms with Crippen molar-refractivity contribution in [2.24, 2.45) is 0 Å². The number of rotatable bonds is 7. The number of anilines is 2. The van der Waals surface area contributed by atoms with Crippen LogP contribution in [0.2, 0.25) is 0 Å². The van der Waals surface area contributed by atoms with E-state index in [0.29, 0.717) is 5.69 Å². The Morgan fingerprint density at radius 2 is 1.77 bits per heavy atom. The second-order valence-corrected chi connectivity index (χ2v) is 8.51. The van der Waals surface area contributed by atoms with Gasteiger partial charge in [0.15, 0.2) is 6.23 Å². The molecule has 0 aliphatic carbocycles. The SMILES string of the molecule is CC(=O)N[C@H]1[C@H](O)[C@H](O)[C@H](CO)O[C@@H]1Nc1ccc(S(=O)(=O)Nc2ncccn2)cc1. The molecule has 0 bridgehead atoms. The third kappa shape index (κ3) is 5.45. The zero-order valence-electron chi connectivity index (χ0n) is 16.4. The summed E-state index contributed by atoms with van der Waals surface area (Å²) in [7, 11) is -3.92. The topological polar surface area (TPSA) is 183 Å². The van der Waals surface area contributed by atoms with Gasteiger partial charge < -0.3 is 30.7 Å². The molecule has 2 heterocycles. The molecule has 0 saturated carbocycles. The van der Waals surface area contributed by atoms with Crippen LogP contribution in [0, 0.1) is 0 Å². The van der Waals surface area contributed by atoms with E-state index in [1.54, 1.807) is 6.07 Å². The average molecular weight is 453 g/mol. The first-order valence-corrected chi connectivity index (χ1v) is 10.8. The zero-order chi connectivity index (χ0) is 22.6. The van der Waals surface area contributed by atoms with E-state index >= 15 is 0 Å². The van der Waals surface area contributed by atoms with Crippen LogP contribution in [0.15, 0.2) is 47.6 Å². The number of carbonyl (C=O) groups excluding carboxylic acids is 1. The summed E-state index contributed by atoms with van der Waals surface area (Å²) in [6.07, 6.45) is -2.08. The fourth-order valence-electron chi connectivity index (χ4n) is 3.06. The molecule has 1 aromatic heterocycles. The van der Waals surface area contributed by atoms with E-state index in [1.807, 2.05) is 0 Å². The number of hydrogen-bond acceptors (Lipinski definition) is 10. The van der Waals surface area contributed by atoms with Crippen LogP contribution in [-0.2, 0) is 19.6 Å². The normalized spacial score (nSPS) is 26.1. The van der Waals surface area contributed by atoms with Crippen LogP contribution >= 0.6 is 0 Å². The molecule has 2 aromatic rings. The number of aliphatic hydroxyl groups is 3. The number of nitrogens with zero attached hydrogens (tertiary/aromatic N) is 2. The molecule has 1 amide bonds. The fraction of sp³-hybridized carbons (Fsp3) is 0.389. The Bertz CT molecular complexity index is 990. The standard InChI is InChI=1S/C18H23N5O7S/c1-10(25)21-14-16(27)15(26)13(9-24)30-17(14)22-11-3-5-12(6-4-11)31(28,29)23-18-19-7-2-8-20-18/h2-8,13-17,22,24,26-27H,9H2,1H3,(H,21,25)(H,19,20,23)/t13-,14-,15+,16-,17-/m0/s1. The van der Waals surface area contributed by atoms with Crippen LogP contribution in [0.25, 0.3) is 0 Å². The van der Waals surface area contributed by atoms with Crippen molar-refractivity contribution in [1.29, 1.82) is 0 Å². The maximum atomic E-state index is 12.5. The minimum Gasteiger partial charge on any atom is -0.394 e. The van der Waals surface area contributed by atoms with Gasteiger partial charge in [-0.15, -0.1) is 0 Å². The molecule has 13 heteroatoms. The van der Waals surface area contributed by atoms with Crippen molar-refractivity contribution >= 4 is 27.6 Å². The molecule has 0 spiro atoms. The molecule has 1 saturated heterocycles. The quantitative estimate of drug-likeness (QED) is 0.292. The van der Waals surface area contributed by atoms with Crippen LogP contribution in [0.4, 0.5) is 11.6 Å². The second-order valence-electron chi connectivity index (χ2n) is 6.83. The minimum absolute atomic E-state index is 0.0443. The van der Waals surface area contributed by atoms with E-state index in [1.165, 1.54) is 43.6 Å². The molecule has 1 aliphatic heterocycles. The lowest BCUT2D eigenvalue weighted by Crippen LogP contribution is -2.65. The van der Waals surface area contributed by atoms with Gasteiger partial charge in [-0.1, -0.05) is 0 Å². The van der Waals surface area contributed by atoms with E-state index in [0.717, 1.165) is 0 Å². The van der Waals surface area contributed by atoms with Crippen LogP contribution in [0.1, 0.15) is 6.92 Å². The number of amides is 1. The number of sulfonamides is 1. The molecule has 0 unspecified atom stereocenters. The van der Waals surface area contributed by atoms with E-state index in [4.69, 9.17) is 4.74 Å². The number of hydrogen-bond donors (Lipinski definition) is 6. The first kappa shape index (κ1) is 22.8. The van der Waals surface area contributed by atoms with Crippen molar-refractivity contribution in [2.75, 3.05) is 16.6 Å². The number of aromatic nitrogens is 2. The van der Waals surface area contributed by atoms with E-state index in [2.05, 4.69) is 25.3 Å². The van der Waals surface area contributed by atoms with Gasteiger partial charge in [0.1, 0.15) is 24.4 Å². The van der Waals surface area contributed by atoms with Gasteiger partial charge >= 0.3 is 0 Å². The Morgan fingerprint density at radius 1 is 1.13 bits per heavy atom. The summed E-state index contributed by atoms with van der Waals surface area (Å²) in [5.74, 6) is -0.522. The Labute approximate surface area is 178 Å². The molecule has 3 rings (SSSR count). The summed E-state index contributed by atoms with van der Waals surface area (Å²) >= 11 is 0. The van der Waals surface area contributed by atoms with Crippen molar-refractivity contribution in [3.63, 3.8) is 0 Å². The Kier molecular flexibility index (Phi) is 7.02. The molecule has 0 radical (unpaired) electrons. The largest absolute Gasteiger partial charge is 0.394 e. The van der Waals surface area contributed by atoms with Crippen LogP contribution in [0.5, 0.6) is 0 Å². The summed E-state index contributed by atoms with van der Waals surface area (Å²) in [4.78, 5) is 19.1. The van der Waals surface area contributed by atoms with Crippen molar-refractivity contribution < 1.29 is 33.3 Å². The average Bonchev–Trinajstić information content (AvgIpc) is 2.74. The molecule has 1 fully saturated rings. The summed E-state index contributed by atoms with van der Waals surface area (Å²) in [6, 6.07) is 6.12. The van der Waals surface area contributed by atoms with E-state index < -0.39 is 53.1 Å². The Hall–Kier alpha value is -2.84. The van der Waals surface area contributed by atoms with Gasteiger partial charge in [0, 0.05) is 25.0 Å². The number of aliphatic hydroxyl groups excluding tert-OH is 3. The number of ether oxygens (including phenoxy) is 1. The number of nitrogens with one attached hydrogen (secondary N) is 3. The highest BCUT2D eigenvalue weighted by Gasteiger charge is 2.44. The molecule has 12 nitrogen and oxygen atoms in total. The molecule has 6 N–H and O–H groups in total. The predicted octanol–water partition coefficient (Wildman–Crippen LogP) is -1.37. The van der Waals surface area contributed by atoms with Gasteiger partial charge in [-0.25, -0.2) is 23.1 Å². The van der Waals surface area contributed by atoms with Crippen molar-refractivity contribution in [1.82, 2.24) is 15.3 Å². The summed E-state index contributed by atoms with van der Waals surface area (Å²) in [6.45, 7) is 0.699. The first-order chi connectivity index (χ1) is 14.7. The van der Waals surface area contributed by atoms with E-state index in [-0.39, 0.29) is 10.8 Å². The van der Waals surface area contributed by atoms with Gasteiger partial charge in [0.05, 0.1) is 11.5 Å². The highest BCUT2D eigenvalue weighted by molar-refractivity contribution is 7.92. The highest BCUT2D eigenvalue weighted by Crippen LogP contribution is 2.24. The summed E-state index contributed by atoms with van der Waals surface area (Å²) in [5.41, 5.74) is 0.413. The van der Waals surface area contributed by atoms with Gasteiger partial charge in [-0.3, -0.25) is 4.79 Å².